The minimum Gasteiger partial charge on any atom is -0.435 e. The molecular weight excluding hydrogens is 350 g/mol. The summed E-state index contributed by atoms with van der Waals surface area (Å²) in [7, 11) is 0. The Kier molecular flexibility index (Phi) is 4.57. The summed E-state index contributed by atoms with van der Waals surface area (Å²) in [5.74, 6) is -0.0192. The van der Waals surface area contributed by atoms with E-state index in [2.05, 4.69) is 20.6 Å². The molecule has 2 aliphatic heterocycles. The van der Waals surface area contributed by atoms with E-state index >= 15 is 0 Å². The maximum Gasteiger partial charge on any atom is 0.510 e. The molecule has 4 unspecified atom stereocenters. The maximum atomic E-state index is 12.4. The van der Waals surface area contributed by atoms with Crippen LogP contribution in [0.5, 0.6) is 0 Å². The number of nitrogens with one attached hydrogen (secondary N) is 1. The van der Waals surface area contributed by atoms with E-state index in [0.29, 0.717) is 17.9 Å². The van der Waals surface area contributed by atoms with Gasteiger partial charge >= 0.3 is 6.16 Å². The van der Waals surface area contributed by atoms with Gasteiger partial charge in [0.2, 0.25) is 12.3 Å². The van der Waals surface area contributed by atoms with Gasteiger partial charge in [0.25, 0.3) is 5.91 Å². The fourth-order valence-electron chi connectivity index (χ4n) is 3.38. The number of hydrazine groups is 1. The van der Waals surface area contributed by atoms with Gasteiger partial charge in [-0.3, -0.25) is 15.2 Å². The van der Waals surface area contributed by atoms with Crippen LogP contribution in [0.1, 0.15) is 13.3 Å². The molecule has 0 radical (unpaired) electrons. The van der Waals surface area contributed by atoms with E-state index in [0.717, 1.165) is 0 Å². The Morgan fingerprint density at radius 2 is 2.19 bits per heavy atom. The lowest BCUT2D eigenvalue weighted by Gasteiger charge is -2.37. The second-order valence-corrected chi connectivity index (χ2v) is 6.30. The molecule has 4 atom stereocenters. The maximum absolute atomic E-state index is 12.4. The second-order valence-electron chi connectivity index (χ2n) is 6.30. The Labute approximate surface area is 155 Å². The number of azo groups is 1. The van der Waals surface area contributed by atoms with Crippen molar-refractivity contribution in [2.45, 2.75) is 31.7 Å². The molecule has 140 valence electrons. The van der Waals surface area contributed by atoms with Gasteiger partial charge in [-0.2, -0.15) is 10.2 Å². The van der Waals surface area contributed by atoms with Gasteiger partial charge in [0, 0.05) is 5.92 Å². The molecule has 1 aromatic rings. The van der Waals surface area contributed by atoms with Gasteiger partial charge in [-0.15, -0.1) is 0 Å². The smallest absolute Gasteiger partial charge is 0.435 e. The van der Waals surface area contributed by atoms with Crippen LogP contribution >= 0.6 is 0 Å². The number of rotatable bonds is 4. The highest BCUT2D eigenvalue weighted by Crippen LogP contribution is 2.35. The van der Waals surface area contributed by atoms with Crippen LogP contribution in [0.4, 0.5) is 10.5 Å². The number of benzene rings is 1. The molecule has 9 nitrogen and oxygen atoms in total. The molecule has 1 aromatic carbocycles. The van der Waals surface area contributed by atoms with Crippen LogP contribution in [0.3, 0.4) is 0 Å². The van der Waals surface area contributed by atoms with Crippen LogP contribution in [-0.4, -0.2) is 47.8 Å². The van der Waals surface area contributed by atoms with E-state index in [9.17, 15) is 9.59 Å². The second kappa shape index (κ2) is 7.18. The van der Waals surface area contributed by atoms with Gasteiger partial charge in [0.1, 0.15) is 0 Å². The lowest BCUT2D eigenvalue weighted by atomic mass is 9.98. The van der Waals surface area contributed by atoms with Gasteiger partial charge in [0.05, 0.1) is 18.3 Å². The normalized spacial score (nSPS) is 28.6. The average molecular weight is 369 g/mol. The molecule has 0 spiro atoms. The molecule has 0 saturated carbocycles. The van der Waals surface area contributed by atoms with Crippen molar-refractivity contribution in [3.63, 3.8) is 0 Å². The van der Waals surface area contributed by atoms with Crippen LogP contribution in [-0.2, 0) is 14.3 Å². The summed E-state index contributed by atoms with van der Waals surface area (Å²) in [5.41, 5.74) is 3.44. The van der Waals surface area contributed by atoms with Crippen molar-refractivity contribution in [1.29, 1.82) is 0 Å². The number of allylic oxidation sites excluding steroid dienone is 1. The molecule has 0 bridgehead atoms. The minimum absolute atomic E-state index is 0.0942. The third kappa shape index (κ3) is 3.27. The van der Waals surface area contributed by atoms with E-state index in [1.165, 1.54) is 0 Å². The SMILES string of the molecule is CCOC(=O)OC1N=C2C(N=Nc3ccccc3)C(=O)NN2C2C=CCC12. The highest BCUT2D eigenvalue weighted by atomic mass is 16.7. The molecule has 4 rings (SSSR count). The number of ether oxygens (including phenoxy) is 2. The van der Waals surface area contributed by atoms with E-state index in [-0.39, 0.29) is 24.5 Å². The monoisotopic (exact) mass is 369 g/mol. The molecule has 9 heteroatoms. The molecule has 1 fully saturated rings. The van der Waals surface area contributed by atoms with Gasteiger partial charge in [0.15, 0.2) is 5.84 Å². The zero-order chi connectivity index (χ0) is 18.8. The van der Waals surface area contributed by atoms with Gasteiger partial charge < -0.3 is 9.47 Å². The molecule has 0 aromatic heterocycles. The summed E-state index contributed by atoms with van der Waals surface area (Å²) in [4.78, 5) is 28.7. The predicted octanol–water partition coefficient (Wildman–Crippen LogP) is 2.34. The summed E-state index contributed by atoms with van der Waals surface area (Å²) >= 11 is 0. The first-order valence-electron chi connectivity index (χ1n) is 8.80. The fraction of sp³-hybridized carbons (Fsp3) is 0.389. The topological polar surface area (TPSA) is 105 Å². The number of amides is 1. The average Bonchev–Trinajstić information content (AvgIpc) is 3.26. The van der Waals surface area contributed by atoms with E-state index in [1.807, 2.05) is 30.4 Å². The number of hydrogen-bond donors (Lipinski definition) is 1. The zero-order valence-electron chi connectivity index (χ0n) is 14.7. The standard InChI is InChI=1S/C18H19N5O4/c1-2-26-18(25)27-17-12-9-6-10-13(12)23-15(19-17)14(16(24)22-23)21-20-11-7-4-3-5-8-11/h3-8,10,12-14,17H,2,9H2,1H3,(H,22,24). The third-order valence-electron chi connectivity index (χ3n) is 4.60. The first kappa shape index (κ1) is 17.2. The molecular formula is C18H19N5O4. The summed E-state index contributed by atoms with van der Waals surface area (Å²) in [6, 6.07) is 8.08. The van der Waals surface area contributed by atoms with Crippen LogP contribution in [0.15, 0.2) is 57.7 Å². The Balaban J connectivity index is 1.61. The lowest BCUT2D eigenvalue weighted by Crippen LogP contribution is -2.53. The number of aliphatic imine (C=N–C) groups is 1. The number of carbonyl (C=O) groups excluding carboxylic acids is 2. The number of amidine groups is 1. The number of carbonyl (C=O) groups is 2. The summed E-state index contributed by atoms with van der Waals surface area (Å²) < 4.78 is 10.2. The lowest BCUT2D eigenvalue weighted by molar-refractivity contribution is -0.122. The Morgan fingerprint density at radius 3 is 2.96 bits per heavy atom. The zero-order valence-corrected chi connectivity index (χ0v) is 14.7. The van der Waals surface area contributed by atoms with E-state index in [1.54, 1.807) is 24.1 Å². The molecule has 27 heavy (non-hydrogen) atoms. The number of fused-ring (bicyclic) bond motifs is 3. The molecule has 2 heterocycles. The van der Waals surface area contributed by atoms with Crippen molar-refractivity contribution in [1.82, 2.24) is 10.4 Å². The van der Waals surface area contributed by atoms with E-state index < -0.39 is 18.4 Å². The Hall–Kier alpha value is -3.23. The number of nitrogens with zero attached hydrogens (tertiary/aromatic N) is 4. The van der Waals surface area contributed by atoms with Crippen LogP contribution < -0.4 is 5.43 Å². The largest absolute Gasteiger partial charge is 0.510 e. The molecule has 1 amide bonds. The first-order valence-corrected chi connectivity index (χ1v) is 8.80. The first-order chi connectivity index (χ1) is 13.2. The molecule has 1 aliphatic carbocycles. The van der Waals surface area contributed by atoms with Crippen molar-refractivity contribution in [2.75, 3.05) is 6.61 Å². The van der Waals surface area contributed by atoms with Crippen LogP contribution in [0.25, 0.3) is 0 Å². The molecule has 3 aliphatic rings. The van der Waals surface area contributed by atoms with Crippen LogP contribution in [0.2, 0.25) is 0 Å². The van der Waals surface area contributed by atoms with Crippen molar-refractivity contribution in [2.24, 2.45) is 21.1 Å². The quantitative estimate of drug-likeness (QED) is 0.498. The van der Waals surface area contributed by atoms with Gasteiger partial charge in [-0.1, -0.05) is 30.4 Å². The third-order valence-corrected chi connectivity index (χ3v) is 4.60. The Morgan fingerprint density at radius 1 is 1.37 bits per heavy atom. The van der Waals surface area contributed by atoms with Crippen molar-refractivity contribution < 1.29 is 19.1 Å². The molecule has 1 saturated heterocycles. The minimum atomic E-state index is -0.895. The number of hydrogen-bond acceptors (Lipinski definition) is 8. The van der Waals surface area contributed by atoms with Crippen LogP contribution in [0, 0.1) is 5.92 Å². The van der Waals surface area contributed by atoms with Crippen molar-refractivity contribution >= 4 is 23.6 Å². The highest BCUT2D eigenvalue weighted by Gasteiger charge is 2.50. The summed E-state index contributed by atoms with van der Waals surface area (Å²) in [6.07, 6.45) is 3.13. The van der Waals surface area contributed by atoms with E-state index in [4.69, 9.17) is 9.47 Å². The predicted molar refractivity (Wildman–Crippen MR) is 95.1 cm³/mol. The summed E-state index contributed by atoms with van der Waals surface area (Å²) in [6.45, 7) is 1.92. The van der Waals surface area contributed by atoms with Crippen molar-refractivity contribution in [3.05, 3.63) is 42.5 Å². The summed E-state index contributed by atoms with van der Waals surface area (Å²) in [5, 5.41) is 10.00. The van der Waals surface area contributed by atoms with Crippen molar-refractivity contribution in [3.8, 4) is 0 Å². The Bertz CT molecular complexity index is 822. The molecule has 1 N–H and O–H groups in total. The fourth-order valence-corrected chi connectivity index (χ4v) is 3.38. The highest BCUT2D eigenvalue weighted by molar-refractivity contribution is 6.12. The van der Waals surface area contributed by atoms with Gasteiger partial charge in [-0.25, -0.2) is 9.79 Å². The van der Waals surface area contributed by atoms with Gasteiger partial charge in [-0.05, 0) is 25.5 Å².